The summed E-state index contributed by atoms with van der Waals surface area (Å²) < 4.78 is 11.2. The molecule has 0 radical (unpaired) electrons. The minimum atomic E-state index is -0.643. The molecule has 0 fully saturated rings. The number of hydrogen-bond donors (Lipinski definition) is 6. The van der Waals surface area contributed by atoms with Crippen molar-refractivity contribution >= 4 is 41.6 Å². The minimum absolute atomic E-state index is 0.125. The van der Waals surface area contributed by atoms with E-state index in [9.17, 15) is 33.6 Å². The molecule has 0 aromatic heterocycles. The highest BCUT2D eigenvalue weighted by molar-refractivity contribution is 5.83. The van der Waals surface area contributed by atoms with E-state index < -0.39 is 47.2 Å². The van der Waals surface area contributed by atoms with E-state index in [-0.39, 0.29) is 132 Å². The first-order chi connectivity index (χ1) is 35.9. The lowest BCUT2D eigenvalue weighted by molar-refractivity contribution is -0.153. The van der Waals surface area contributed by atoms with Crippen molar-refractivity contribution in [1.82, 2.24) is 31.9 Å². The summed E-state index contributed by atoms with van der Waals surface area (Å²) in [6, 6.07) is 7.58. The number of ether oxygens (including phenoxy) is 2. The van der Waals surface area contributed by atoms with Crippen LogP contribution in [-0.4, -0.2) is 83.5 Å². The maximum Gasteiger partial charge on any atom is 0.407 e. The molecule has 0 spiro atoms. The zero-order valence-electron chi connectivity index (χ0n) is 53.0. The van der Waals surface area contributed by atoms with Gasteiger partial charge in [-0.15, -0.1) is 0 Å². The van der Waals surface area contributed by atoms with E-state index in [4.69, 9.17) is 9.47 Å². The standard InChI is InChI=1S/C63H112N6O9/c1-34(2)30-53(59(73)68-47(17)38(8)41(11)57(71)66-51(21)45(15)55(32-36(5)6)61(75)77-33-52-28-26-25-27-29-52)43(13)49(19)64-56(70)40(10)37(7)46(16)67-60(74)54(31-35(3)4)44(14)50(20)65-58(72)42(12)39(9)48(18)69-62(76)78-63(22,23)24/h25-29,34-51,53-55H,30-33H2,1-24H3,(H,64,70)(H,65,72)(H,66,71)(H,67,74)(H,68,73)(H,69,76)/t37-,38-,39-,40-,41-,42-,43+,44+,45+,46-,47-,48-,49-,50-,51-,53-,54-,55-/m1/s1. The highest BCUT2D eigenvalue weighted by Gasteiger charge is 2.38. The molecule has 15 heteroatoms. The third kappa shape index (κ3) is 24.0. The highest BCUT2D eigenvalue weighted by Crippen LogP contribution is 2.30. The Morgan fingerprint density at radius 3 is 0.987 bits per heavy atom. The number of amides is 6. The first-order valence-electron chi connectivity index (χ1n) is 29.6. The van der Waals surface area contributed by atoms with E-state index in [0.717, 1.165) is 5.56 Å². The Bertz CT molecular complexity index is 2020. The number of rotatable bonds is 32. The average molecular weight is 1100 g/mol. The normalized spacial score (nSPS) is 19.0. The molecular weight excluding hydrogens is 985 g/mol. The molecule has 1 aromatic carbocycles. The molecule has 0 saturated carbocycles. The van der Waals surface area contributed by atoms with Gasteiger partial charge < -0.3 is 41.4 Å². The molecule has 15 nitrogen and oxygen atoms in total. The van der Waals surface area contributed by atoms with Crippen LogP contribution in [0.25, 0.3) is 0 Å². The van der Waals surface area contributed by atoms with Gasteiger partial charge in [-0.25, -0.2) is 4.79 Å². The summed E-state index contributed by atoms with van der Waals surface area (Å²) in [5.74, 6) is -4.24. The maximum absolute atomic E-state index is 14.3. The van der Waals surface area contributed by atoms with Gasteiger partial charge in [0.2, 0.25) is 29.5 Å². The van der Waals surface area contributed by atoms with E-state index in [1.807, 2.05) is 134 Å². The summed E-state index contributed by atoms with van der Waals surface area (Å²) in [4.78, 5) is 95.7. The first-order valence-corrected chi connectivity index (χ1v) is 29.6. The molecule has 448 valence electrons. The van der Waals surface area contributed by atoms with Crippen LogP contribution in [0.2, 0.25) is 0 Å². The molecule has 18 atom stereocenters. The second kappa shape index (κ2) is 33.2. The van der Waals surface area contributed by atoms with Gasteiger partial charge in [0.05, 0.1) is 5.92 Å². The van der Waals surface area contributed by atoms with Crippen molar-refractivity contribution in [1.29, 1.82) is 0 Å². The van der Waals surface area contributed by atoms with E-state index in [1.54, 1.807) is 20.8 Å². The molecule has 6 N–H and O–H groups in total. The van der Waals surface area contributed by atoms with Crippen molar-refractivity contribution in [2.24, 2.45) is 88.8 Å². The van der Waals surface area contributed by atoms with Crippen molar-refractivity contribution in [3.8, 4) is 0 Å². The molecule has 0 heterocycles. The lowest BCUT2D eigenvalue weighted by atomic mass is 9.80. The molecule has 78 heavy (non-hydrogen) atoms. The van der Waals surface area contributed by atoms with Crippen LogP contribution in [0.1, 0.15) is 191 Å². The van der Waals surface area contributed by atoms with Gasteiger partial charge in [-0.2, -0.15) is 0 Å². The van der Waals surface area contributed by atoms with Crippen LogP contribution in [-0.2, 0) is 44.8 Å². The van der Waals surface area contributed by atoms with Crippen LogP contribution in [0.15, 0.2) is 30.3 Å². The third-order valence-corrected chi connectivity index (χ3v) is 17.2. The minimum Gasteiger partial charge on any atom is -0.461 e. The van der Waals surface area contributed by atoms with E-state index in [2.05, 4.69) is 73.4 Å². The lowest BCUT2D eigenvalue weighted by Gasteiger charge is -2.35. The maximum atomic E-state index is 14.3. The fourth-order valence-corrected chi connectivity index (χ4v) is 10.1. The molecule has 0 aliphatic heterocycles. The van der Waals surface area contributed by atoms with E-state index in [1.165, 1.54) is 0 Å². The zero-order chi connectivity index (χ0) is 60.3. The largest absolute Gasteiger partial charge is 0.461 e. The number of alkyl carbamates (subject to hydrolysis) is 1. The Kier molecular flexibility index (Phi) is 30.3. The Balaban J connectivity index is 3.00. The summed E-state index contributed by atoms with van der Waals surface area (Å²) in [5.41, 5.74) is 0.274. The number of esters is 1. The van der Waals surface area contributed by atoms with Crippen LogP contribution >= 0.6 is 0 Å². The number of benzene rings is 1. The SMILES string of the molecule is CC(C)C[C@@H](C(=O)N[C@H](C)[C@H](C)[C@@H](C)C(=O)N[C@H](C)[C@H](C)[C@@H](CC(C)C)C(=O)N[C@H](C)[C@H](C)[C@@H](C)C(=O)N[C@H](C)[C@H](C)[C@@H](CC(C)C)C(=O)OCc1ccccc1)[C@@H](C)[C@@H](C)NC(=O)[C@H](C)[C@@H](C)[C@@H](C)NC(=O)OC(C)(C)C. The van der Waals surface area contributed by atoms with E-state index >= 15 is 0 Å². The smallest absolute Gasteiger partial charge is 0.407 e. The summed E-state index contributed by atoms with van der Waals surface area (Å²) in [6.45, 7) is 46.9. The monoisotopic (exact) mass is 1100 g/mol. The van der Waals surface area contributed by atoms with Gasteiger partial charge in [0.1, 0.15) is 12.2 Å². The van der Waals surface area contributed by atoms with Crippen LogP contribution in [0.3, 0.4) is 0 Å². The Morgan fingerprint density at radius 2 is 0.667 bits per heavy atom. The predicted octanol–water partition coefficient (Wildman–Crippen LogP) is 10.9. The van der Waals surface area contributed by atoms with Crippen LogP contribution < -0.4 is 31.9 Å². The van der Waals surface area contributed by atoms with Crippen LogP contribution in [0.5, 0.6) is 0 Å². The summed E-state index contributed by atoms with van der Waals surface area (Å²) in [6.07, 6.45) is 1.30. The topological polar surface area (TPSA) is 210 Å². The van der Waals surface area contributed by atoms with Crippen LogP contribution in [0, 0.1) is 88.8 Å². The summed E-state index contributed by atoms with van der Waals surface area (Å²) in [7, 11) is 0. The molecule has 6 amide bonds. The summed E-state index contributed by atoms with van der Waals surface area (Å²) >= 11 is 0. The second-order valence-electron chi connectivity index (χ2n) is 26.2. The van der Waals surface area contributed by atoms with Crippen LogP contribution in [0.4, 0.5) is 4.79 Å². The number of carbonyl (C=O) groups is 7. The Labute approximate surface area is 473 Å². The molecule has 0 bridgehead atoms. The molecule has 1 rings (SSSR count). The van der Waals surface area contributed by atoms with E-state index in [0.29, 0.717) is 19.3 Å². The third-order valence-electron chi connectivity index (χ3n) is 17.2. The summed E-state index contributed by atoms with van der Waals surface area (Å²) in [5, 5.41) is 18.9. The molecule has 0 unspecified atom stereocenters. The van der Waals surface area contributed by atoms with Gasteiger partial charge in [-0.1, -0.05) is 134 Å². The van der Waals surface area contributed by atoms with Gasteiger partial charge in [0.15, 0.2) is 0 Å². The Hall–Kier alpha value is -4.69. The predicted molar refractivity (Wildman–Crippen MR) is 314 cm³/mol. The van der Waals surface area contributed by atoms with Gasteiger partial charge in [0.25, 0.3) is 0 Å². The van der Waals surface area contributed by atoms with Crippen molar-refractivity contribution in [2.45, 2.75) is 234 Å². The van der Waals surface area contributed by atoms with Gasteiger partial charge >= 0.3 is 12.1 Å². The van der Waals surface area contributed by atoms with Crippen molar-refractivity contribution < 1.29 is 43.0 Å². The Morgan fingerprint density at radius 1 is 0.385 bits per heavy atom. The quantitative estimate of drug-likeness (QED) is 0.0379. The van der Waals surface area contributed by atoms with Gasteiger partial charge in [-0.05, 0) is 140 Å². The molecule has 1 aromatic rings. The molecule has 0 aliphatic carbocycles. The second-order valence-corrected chi connectivity index (χ2v) is 26.2. The number of nitrogens with one attached hydrogen (secondary N) is 6. The first kappa shape index (κ1) is 71.3. The number of hydrogen-bond acceptors (Lipinski definition) is 9. The molecular formula is C63H112N6O9. The van der Waals surface area contributed by atoms with Crippen molar-refractivity contribution in [3.05, 3.63) is 35.9 Å². The fourth-order valence-electron chi connectivity index (χ4n) is 10.1. The van der Waals surface area contributed by atoms with Crippen molar-refractivity contribution in [2.75, 3.05) is 0 Å². The zero-order valence-corrected chi connectivity index (χ0v) is 53.0. The number of carbonyl (C=O) groups excluding carboxylic acids is 7. The fraction of sp³-hybridized carbons (Fsp3) is 0.794. The average Bonchev–Trinajstić information content (AvgIpc) is 3.34. The molecule has 0 aliphatic rings. The highest BCUT2D eigenvalue weighted by atomic mass is 16.6. The lowest BCUT2D eigenvalue weighted by Crippen LogP contribution is -2.52. The molecule has 0 saturated heterocycles. The van der Waals surface area contributed by atoms with Gasteiger partial charge in [0, 0.05) is 65.8 Å². The van der Waals surface area contributed by atoms with Gasteiger partial charge in [-0.3, -0.25) is 28.8 Å². The van der Waals surface area contributed by atoms with Crippen molar-refractivity contribution in [3.63, 3.8) is 0 Å².